The van der Waals surface area contributed by atoms with Crippen LogP contribution in [-0.2, 0) is 4.79 Å². The molecule has 0 saturated heterocycles. The largest absolute Gasteiger partial charge is 0.396 e. The second kappa shape index (κ2) is 6.86. The lowest BCUT2D eigenvalue weighted by Gasteiger charge is -2.30. The van der Waals surface area contributed by atoms with Crippen molar-refractivity contribution < 1.29 is 9.90 Å². The zero-order valence-electron chi connectivity index (χ0n) is 10.9. The SMILES string of the molecule is CCC(CC)(CO)CNC(=O)C(N)C(C)C. The standard InChI is InChI=1S/C12H26N2O2/c1-5-12(6-2,8-15)7-14-11(16)10(13)9(3)4/h9-10,15H,5-8,13H2,1-4H3,(H,14,16). The van der Waals surface area contributed by atoms with Gasteiger partial charge in [-0.15, -0.1) is 0 Å². The third-order valence-corrected chi connectivity index (χ3v) is 3.49. The van der Waals surface area contributed by atoms with E-state index in [1.54, 1.807) is 0 Å². The van der Waals surface area contributed by atoms with Crippen LogP contribution in [-0.4, -0.2) is 30.2 Å². The van der Waals surface area contributed by atoms with Crippen LogP contribution in [0.4, 0.5) is 0 Å². The first-order valence-electron chi connectivity index (χ1n) is 6.06. The van der Waals surface area contributed by atoms with Gasteiger partial charge in [0.15, 0.2) is 0 Å². The van der Waals surface area contributed by atoms with E-state index in [9.17, 15) is 9.90 Å². The highest BCUT2D eigenvalue weighted by Gasteiger charge is 2.27. The number of nitrogens with one attached hydrogen (secondary N) is 1. The second-order valence-electron chi connectivity index (χ2n) is 4.85. The van der Waals surface area contributed by atoms with Gasteiger partial charge in [0.05, 0.1) is 12.6 Å². The van der Waals surface area contributed by atoms with Gasteiger partial charge in [-0.05, 0) is 18.8 Å². The van der Waals surface area contributed by atoms with Crippen molar-refractivity contribution in [2.75, 3.05) is 13.2 Å². The molecule has 4 heteroatoms. The predicted octanol–water partition coefficient (Wildman–Crippen LogP) is 0.885. The monoisotopic (exact) mass is 230 g/mol. The number of rotatable bonds is 7. The van der Waals surface area contributed by atoms with E-state index in [0.717, 1.165) is 12.8 Å². The Morgan fingerprint density at radius 1 is 1.38 bits per heavy atom. The average molecular weight is 230 g/mol. The quantitative estimate of drug-likeness (QED) is 0.608. The van der Waals surface area contributed by atoms with Crippen molar-refractivity contribution in [3.05, 3.63) is 0 Å². The smallest absolute Gasteiger partial charge is 0.237 e. The molecule has 4 N–H and O–H groups in total. The summed E-state index contributed by atoms with van der Waals surface area (Å²) in [6, 6.07) is -0.467. The van der Waals surface area contributed by atoms with Crippen LogP contribution in [0, 0.1) is 11.3 Å². The summed E-state index contributed by atoms with van der Waals surface area (Å²) >= 11 is 0. The van der Waals surface area contributed by atoms with Crippen LogP contribution in [0.3, 0.4) is 0 Å². The molecule has 1 amide bonds. The fourth-order valence-electron chi connectivity index (χ4n) is 1.47. The first-order valence-corrected chi connectivity index (χ1v) is 6.06. The highest BCUT2D eigenvalue weighted by Crippen LogP contribution is 2.24. The van der Waals surface area contributed by atoms with Crippen LogP contribution in [0.1, 0.15) is 40.5 Å². The molecular weight excluding hydrogens is 204 g/mol. The van der Waals surface area contributed by atoms with Crippen molar-refractivity contribution in [1.29, 1.82) is 0 Å². The van der Waals surface area contributed by atoms with Gasteiger partial charge in [0.1, 0.15) is 0 Å². The molecule has 0 aliphatic heterocycles. The van der Waals surface area contributed by atoms with Crippen LogP contribution in [0.2, 0.25) is 0 Å². The molecule has 0 bridgehead atoms. The molecule has 0 aromatic heterocycles. The van der Waals surface area contributed by atoms with E-state index < -0.39 is 6.04 Å². The molecule has 0 aliphatic carbocycles. The number of aliphatic hydroxyl groups excluding tert-OH is 1. The molecule has 0 fully saturated rings. The molecule has 0 rings (SSSR count). The molecule has 0 aromatic rings. The Morgan fingerprint density at radius 2 is 1.88 bits per heavy atom. The number of hydrogen-bond donors (Lipinski definition) is 3. The van der Waals surface area contributed by atoms with E-state index in [4.69, 9.17) is 5.73 Å². The third kappa shape index (κ3) is 4.10. The average Bonchev–Trinajstić information content (AvgIpc) is 2.30. The van der Waals surface area contributed by atoms with E-state index in [1.165, 1.54) is 0 Å². The van der Waals surface area contributed by atoms with E-state index in [0.29, 0.717) is 6.54 Å². The molecular formula is C12H26N2O2. The molecule has 96 valence electrons. The maximum absolute atomic E-state index is 11.7. The Kier molecular flexibility index (Phi) is 6.60. The Hall–Kier alpha value is -0.610. The Labute approximate surface area is 98.6 Å². The minimum absolute atomic E-state index is 0.0944. The predicted molar refractivity (Wildman–Crippen MR) is 65.9 cm³/mol. The van der Waals surface area contributed by atoms with Gasteiger partial charge in [-0.3, -0.25) is 4.79 Å². The van der Waals surface area contributed by atoms with Gasteiger partial charge in [0.25, 0.3) is 0 Å². The summed E-state index contributed by atoms with van der Waals surface area (Å²) in [5.41, 5.74) is 5.54. The van der Waals surface area contributed by atoms with E-state index in [-0.39, 0.29) is 23.8 Å². The fourth-order valence-corrected chi connectivity index (χ4v) is 1.47. The van der Waals surface area contributed by atoms with E-state index in [2.05, 4.69) is 5.32 Å². The summed E-state index contributed by atoms with van der Waals surface area (Å²) in [6.07, 6.45) is 1.69. The summed E-state index contributed by atoms with van der Waals surface area (Å²) in [6.45, 7) is 8.47. The summed E-state index contributed by atoms with van der Waals surface area (Å²) in [5, 5.41) is 12.2. The lowest BCUT2D eigenvalue weighted by molar-refractivity contribution is -0.123. The maximum atomic E-state index is 11.7. The van der Waals surface area contributed by atoms with Gasteiger partial charge in [-0.1, -0.05) is 27.7 Å². The van der Waals surface area contributed by atoms with Gasteiger partial charge in [-0.25, -0.2) is 0 Å². The van der Waals surface area contributed by atoms with Crippen LogP contribution in [0.25, 0.3) is 0 Å². The zero-order chi connectivity index (χ0) is 12.8. The molecule has 4 nitrogen and oxygen atoms in total. The molecule has 1 unspecified atom stereocenters. The minimum atomic E-state index is -0.467. The fraction of sp³-hybridized carbons (Fsp3) is 0.917. The summed E-state index contributed by atoms with van der Waals surface area (Å²) in [5.74, 6) is 0.00139. The number of amides is 1. The van der Waals surface area contributed by atoms with Crippen molar-refractivity contribution >= 4 is 5.91 Å². The number of carbonyl (C=O) groups is 1. The Morgan fingerprint density at radius 3 is 2.19 bits per heavy atom. The van der Waals surface area contributed by atoms with Gasteiger partial charge in [-0.2, -0.15) is 0 Å². The van der Waals surface area contributed by atoms with Gasteiger partial charge >= 0.3 is 0 Å². The highest BCUT2D eigenvalue weighted by molar-refractivity contribution is 5.81. The Balaban J connectivity index is 4.26. The normalized spacial score (nSPS) is 13.9. The number of hydrogen-bond acceptors (Lipinski definition) is 3. The van der Waals surface area contributed by atoms with Crippen LogP contribution in [0.15, 0.2) is 0 Å². The Bertz CT molecular complexity index is 205. The zero-order valence-corrected chi connectivity index (χ0v) is 10.9. The number of carbonyl (C=O) groups excluding carboxylic acids is 1. The van der Waals surface area contributed by atoms with Crippen LogP contribution >= 0.6 is 0 Å². The maximum Gasteiger partial charge on any atom is 0.237 e. The number of aliphatic hydroxyl groups is 1. The van der Waals surface area contributed by atoms with Crippen molar-refractivity contribution in [3.8, 4) is 0 Å². The molecule has 0 spiro atoms. The van der Waals surface area contributed by atoms with Crippen molar-refractivity contribution in [1.82, 2.24) is 5.32 Å². The molecule has 16 heavy (non-hydrogen) atoms. The van der Waals surface area contributed by atoms with Crippen LogP contribution in [0.5, 0.6) is 0 Å². The van der Waals surface area contributed by atoms with Gasteiger partial charge in [0, 0.05) is 12.0 Å². The lowest BCUT2D eigenvalue weighted by Crippen LogP contribution is -2.48. The van der Waals surface area contributed by atoms with Gasteiger partial charge < -0.3 is 16.2 Å². The van der Waals surface area contributed by atoms with Crippen molar-refractivity contribution in [3.63, 3.8) is 0 Å². The first-order chi connectivity index (χ1) is 7.42. The van der Waals surface area contributed by atoms with Crippen LogP contribution < -0.4 is 11.1 Å². The molecule has 0 radical (unpaired) electrons. The van der Waals surface area contributed by atoms with E-state index in [1.807, 2.05) is 27.7 Å². The van der Waals surface area contributed by atoms with Crippen molar-refractivity contribution in [2.24, 2.45) is 17.1 Å². The molecule has 1 atom stereocenters. The number of nitrogens with two attached hydrogens (primary N) is 1. The van der Waals surface area contributed by atoms with Gasteiger partial charge in [0.2, 0.25) is 5.91 Å². The lowest BCUT2D eigenvalue weighted by atomic mass is 9.83. The molecule has 0 aromatic carbocycles. The summed E-state index contributed by atoms with van der Waals surface area (Å²) in [4.78, 5) is 11.7. The van der Waals surface area contributed by atoms with E-state index >= 15 is 0 Å². The second-order valence-corrected chi connectivity index (χ2v) is 4.85. The summed E-state index contributed by atoms with van der Waals surface area (Å²) < 4.78 is 0. The summed E-state index contributed by atoms with van der Waals surface area (Å²) in [7, 11) is 0. The van der Waals surface area contributed by atoms with Crippen molar-refractivity contribution in [2.45, 2.75) is 46.6 Å². The topological polar surface area (TPSA) is 75.3 Å². The minimum Gasteiger partial charge on any atom is -0.396 e. The molecule has 0 heterocycles. The third-order valence-electron chi connectivity index (χ3n) is 3.49. The molecule has 0 saturated carbocycles. The highest BCUT2D eigenvalue weighted by atomic mass is 16.3. The first kappa shape index (κ1) is 15.4. The molecule has 0 aliphatic rings.